The highest BCUT2D eigenvalue weighted by Crippen LogP contribution is 2.14. The van der Waals surface area contributed by atoms with Crippen LogP contribution < -0.4 is 10.5 Å². The van der Waals surface area contributed by atoms with Crippen molar-refractivity contribution in [1.29, 1.82) is 0 Å². The lowest BCUT2D eigenvalue weighted by molar-refractivity contribution is 0.581. The second-order valence-corrected chi connectivity index (χ2v) is 6.90. The minimum Gasteiger partial charge on any atom is -0.399 e. The maximum Gasteiger partial charge on any atom is 0.240 e. The number of rotatable bonds is 5. The van der Waals surface area contributed by atoms with Crippen LogP contribution in [0.15, 0.2) is 47.4 Å². The van der Waals surface area contributed by atoms with E-state index < -0.39 is 10.0 Å². The number of nitrogen functional groups attached to an aromatic ring is 1. The minimum atomic E-state index is -3.45. The normalized spacial score (nSPS) is 11.0. The molecule has 2 rings (SSSR count). The summed E-state index contributed by atoms with van der Waals surface area (Å²) in [6, 6.07) is 12.6. The highest BCUT2D eigenvalue weighted by Gasteiger charge is 2.13. The zero-order valence-electron chi connectivity index (χ0n) is 12.7. The molecule has 0 aromatic heterocycles. The van der Waals surface area contributed by atoms with Crippen LogP contribution >= 0.6 is 12.4 Å². The maximum absolute atomic E-state index is 12.2. The Labute approximate surface area is 138 Å². The third kappa shape index (κ3) is 4.73. The molecule has 0 saturated carbocycles. The summed E-state index contributed by atoms with van der Waals surface area (Å²) in [4.78, 5) is 0.308. The van der Waals surface area contributed by atoms with Crippen molar-refractivity contribution in [3.05, 3.63) is 59.2 Å². The monoisotopic (exact) mass is 340 g/mol. The first-order valence-electron chi connectivity index (χ1n) is 6.80. The molecule has 3 N–H and O–H groups in total. The molecular formula is C16H21ClN2O2S. The van der Waals surface area contributed by atoms with Gasteiger partial charge in [0.1, 0.15) is 0 Å². The van der Waals surface area contributed by atoms with Gasteiger partial charge in [-0.05, 0) is 61.2 Å². The molecule has 4 nitrogen and oxygen atoms in total. The Hall–Kier alpha value is -1.56. The van der Waals surface area contributed by atoms with E-state index in [1.54, 1.807) is 12.1 Å². The number of hydrogen-bond acceptors (Lipinski definition) is 3. The van der Waals surface area contributed by atoms with Crippen LogP contribution in [0.1, 0.15) is 16.7 Å². The first kappa shape index (κ1) is 18.5. The number of sulfonamides is 1. The molecule has 0 spiro atoms. The predicted octanol–water partition coefficient (Wildman–Crippen LogP) is 2.83. The van der Waals surface area contributed by atoms with Crippen molar-refractivity contribution < 1.29 is 8.42 Å². The number of aryl methyl sites for hydroxylation is 2. The predicted molar refractivity (Wildman–Crippen MR) is 92.9 cm³/mol. The maximum atomic E-state index is 12.2. The van der Waals surface area contributed by atoms with Crippen LogP contribution in [0.3, 0.4) is 0 Å². The van der Waals surface area contributed by atoms with E-state index in [2.05, 4.69) is 4.72 Å². The van der Waals surface area contributed by atoms with Gasteiger partial charge in [-0.2, -0.15) is 0 Å². The van der Waals surface area contributed by atoms with Gasteiger partial charge in [0.25, 0.3) is 0 Å². The second kappa shape index (κ2) is 7.63. The number of benzene rings is 2. The van der Waals surface area contributed by atoms with Crippen LogP contribution in [-0.2, 0) is 16.4 Å². The zero-order valence-corrected chi connectivity index (χ0v) is 14.3. The van der Waals surface area contributed by atoms with Crippen LogP contribution in [0.25, 0.3) is 0 Å². The zero-order chi connectivity index (χ0) is 15.5. The molecule has 6 heteroatoms. The Morgan fingerprint density at radius 1 is 1.00 bits per heavy atom. The van der Waals surface area contributed by atoms with Gasteiger partial charge in [-0.25, -0.2) is 13.1 Å². The number of hydrogen-bond donors (Lipinski definition) is 2. The molecule has 2 aromatic carbocycles. The fourth-order valence-corrected chi connectivity index (χ4v) is 3.10. The van der Waals surface area contributed by atoms with E-state index in [-0.39, 0.29) is 12.4 Å². The first-order chi connectivity index (χ1) is 9.88. The SMILES string of the molecule is Cc1ccc(S(=O)(=O)NCCc2ccc(N)cc2)cc1C.Cl. The molecule has 0 aliphatic rings. The average molecular weight is 341 g/mol. The Balaban J connectivity index is 0.00000242. The number of anilines is 1. The third-order valence-electron chi connectivity index (χ3n) is 3.47. The summed E-state index contributed by atoms with van der Waals surface area (Å²) in [6.45, 7) is 4.22. The Morgan fingerprint density at radius 2 is 1.64 bits per heavy atom. The smallest absolute Gasteiger partial charge is 0.240 e. The van der Waals surface area contributed by atoms with Crippen molar-refractivity contribution in [2.75, 3.05) is 12.3 Å². The average Bonchev–Trinajstić information content (AvgIpc) is 2.44. The van der Waals surface area contributed by atoms with E-state index in [1.165, 1.54) is 0 Å². The molecule has 0 fully saturated rings. The summed E-state index contributed by atoms with van der Waals surface area (Å²) >= 11 is 0. The minimum absolute atomic E-state index is 0. The van der Waals surface area contributed by atoms with Gasteiger partial charge >= 0.3 is 0 Å². The molecule has 0 bridgehead atoms. The van der Waals surface area contributed by atoms with Gasteiger partial charge in [-0.15, -0.1) is 12.4 Å². The quantitative estimate of drug-likeness (QED) is 0.822. The second-order valence-electron chi connectivity index (χ2n) is 5.14. The third-order valence-corrected chi connectivity index (χ3v) is 4.93. The number of nitrogens with one attached hydrogen (secondary N) is 1. The van der Waals surface area contributed by atoms with Gasteiger partial charge in [0.15, 0.2) is 0 Å². The molecule has 0 atom stereocenters. The first-order valence-corrected chi connectivity index (χ1v) is 8.28. The van der Waals surface area contributed by atoms with Crippen LogP contribution in [0.5, 0.6) is 0 Å². The Kier molecular flexibility index (Phi) is 6.41. The van der Waals surface area contributed by atoms with Crippen molar-refractivity contribution in [3.8, 4) is 0 Å². The molecule has 0 saturated heterocycles. The number of nitrogens with two attached hydrogens (primary N) is 1. The fourth-order valence-electron chi connectivity index (χ4n) is 1.98. The summed E-state index contributed by atoms with van der Waals surface area (Å²) in [5, 5.41) is 0. The van der Waals surface area contributed by atoms with E-state index in [1.807, 2.05) is 44.2 Å². The molecule has 0 amide bonds. The van der Waals surface area contributed by atoms with Crippen LogP contribution in [-0.4, -0.2) is 15.0 Å². The fraction of sp³-hybridized carbons (Fsp3) is 0.250. The lowest BCUT2D eigenvalue weighted by atomic mass is 10.1. The van der Waals surface area contributed by atoms with Gasteiger partial charge in [-0.1, -0.05) is 18.2 Å². The van der Waals surface area contributed by atoms with E-state index >= 15 is 0 Å². The molecule has 0 unspecified atom stereocenters. The molecular weight excluding hydrogens is 320 g/mol. The van der Waals surface area contributed by atoms with Crippen molar-refractivity contribution in [3.63, 3.8) is 0 Å². The topological polar surface area (TPSA) is 72.2 Å². The molecule has 2 aromatic rings. The Morgan fingerprint density at radius 3 is 2.23 bits per heavy atom. The van der Waals surface area contributed by atoms with Crippen LogP contribution in [0.2, 0.25) is 0 Å². The summed E-state index contributed by atoms with van der Waals surface area (Å²) in [7, 11) is -3.45. The van der Waals surface area contributed by atoms with Crippen molar-refractivity contribution >= 4 is 28.1 Å². The molecule has 0 aliphatic carbocycles. The lowest BCUT2D eigenvalue weighted by Gasteiger charge is -2.09. The van der Waals surface area contributed by atoms with Crippen LogP contribution in [0, 0.1) is 13.8 Å². The Bertz CT molecular complexity index is 728. The van der Waals surface area contributed by atoms with Crippen molar-refractivity contribution in [1.82, 2.24) is 4.72 Å². The van der Waals surface area contributed by atoms with E-state index in [4.69, 9.17) is 5.73 Å². The van der Waals surface area contributed by atoms with E-state index in [0.717, 1.165) is 16.7 Å². The van der Waals surface area contributed by atoms with E-state index in [9.17, 15) is 8.42 Å². The van der Waals surface area contributed by atoms with E-state index in [0.29, 0.717) is 23.5 Å². The van der Waals surface area contributed by atoms with Gasteiger partial charge < -0.3 is 5.73 Å². The summed E-state index contributed by atoms with van der Waals surface area (Å²) in [6.07, 6.45) is 0.629. The highest BCUT2D eigenvalue weighted by atomic mass is 35.5. The lowest BCUT2D eigenvalue weighted by Crippen LogP contribution is -2.26. The van der Waals surface area contributed by atoms with Gasteiger partial charge in [-0.3, -0.25) is 0 Å². The summed E-state index contributed by atoms with van der Waals surface area (Å²) < 4.78 is 27.0. The highest BCUT2D eigenvalue weighted by molar-refractivity contribution is 7.89. The van der Waals surface area contributed by atoms with Crippen molar-refractivity contribution in [2.24, 2.45) is 0 Å². The molecule has 0 aliphatic heterocycles. The molecule has 22 heavy (non-hydrogen) atoms. The summed E-state index contributed by atoms with van der Waals surface area (Å²) in [5.74, 6) is 0. The van der Waals surface area contributed by atoms with Gasteiger partial charge in [0.05, 0.1) is 4.90 Å². The van der Waals surface area contributed by atoms with Gasteiger partial charge in [0.2, 0.25) is 10.0 Å². The summed E-state index contributed by atoms with van der Waals surface area (Å²) in [5.41, 5.74) is 9.42. The standard InChI is InChI=1S/C16H20N2O2S.ClH/c1-12-3-8-16(11-13(12)2)21(19,20)18-10-9-14-4-6-15(17)7-5-14;/h3-8,11,18H,9-10,17H2,1-2H3;1H. The molecule has 0 radical (unpaired) electrons. The molecule has 120 valence electrons. The largest absolute Gasteiger partial charge is 0.399 e. The van der Waals surface area contributed by atoms with Gasteiger partial charge in [0, 0.05) is 12.2 Å². The molecule has 0 heterocycles. The number of halogens is 1. The van der Waals surface area contributed by atoms with Crippen molar-refractivity contribution in [2.45, 2.75) is 25.2 Å². The van der Waals surface area contributed by atoms with Crippen LogP contribution in [0.4, 0.5) is 5.69 Å².